The normalized spacial score (nSPS) is 22.5. The molecule has 0 aliphatic carbocycles. The summed E-state index contributed by atoms with van der Waals surface area (Å²) in [5, 5.41) is 0. The molecule has 0 saturated carbocycles. The number of nitrogens with zero attached hydrogens (tertiary/aromatic N) is 2. The number of Topliss-reactive ketones (excluding diaryl/α,β-unsaturated/α-hetero) is 1. The summed E-state index contributed by atoms with van der Waals surface area (Å²) in [5.41, 5.74) is 1.24. The van der Waals surface area contributed by atoms with Crippen molar-refractivity contribution >= 4 is 11.9 Å². The maximum atomic E-state index is 12.9. The number of ether oxygens (including phenoxy) is 2. The molecule has 3 heterocycles. The summed E-state index contributed by atoms with van der Waals surface area (Å²) in [6.07, 6.45) is -0.874. The second-order valence-electron chi connectivity index (χ2n) is 8.15. The van der Waals surface area contributed by atoms with Crippen LogP contribution in [-0.2, 0) is 11.3 Å². The maximum absolute atomic E-state index is 12.9. The quantitative estimate of drug-likeness (QED) is 0.595. The van der Waals surface area contributed by atoms with Crippen LogP contribution in [0.3, 0.4) is 0 Å². The van der Waals surface area contributed by atoms with E-state index in [2.05, 4.69) is 9.72 Å². The van der Waals surface area contributed by atoms with Gasteiger partial charge in [-0.3, -0.25) is 4.79 Å². The zero-order valence-electron chi connectivity index (χ0n) is 17.3. The van der Waals surface area contributed by atoms with E-state index in [-0.39, 0.29) is 42.4 Å². The number of fused-ring (bicyclic) bond motifs is 2. The highest BCUT2D eigenvalue weighted by Gasteiger charge is 2.46. The van der Waals surface area contributed by atoms with Crippen molar-refractivity contribution in [2.24, 2.45) is 5.92 Å². The lowest BCUT2D eigenvalue weighted by atomic mass is 9.85. The summed E-state index contributed by atoms with van der Waals surface area (Å²) < 4.78 is 46.8. The van der Waals surface area contributed by atoms with Crippen LogP contribution in [-0.4, -0.2) is 46.6 Å². The number of pyridine rings is 1. The van der Waals surface area contributed by atoms with Crippen molar-refractivity contribution in [3.8, 4) is 5.88 Å². The van der Waals surface area contributed by atoms with Gasteiger partial charge in [-0.1, -0.05) is 30.3 Å². The Morgan fingerprint density at radius 2 is 1.72 bits per heavy atom. The number of halogens is 3. The molecule has 2 atom stereocenters. The van der Waals surface area contributed by atoms with E-state index in [1.807, 2.05) is 30.3 Å². The summed E-state index contributed by atoms with van der Waals surface area (Å²) in [7, 11) is 0. The minimum absolute atomic E-state index is 0.0617. The predicted molar refractivity (Wildman–Crippen MR) is 108 cm³/mol. The second-order valence-corrected chi connectivity index (χ2v) is 8.15. The summed E-state index contributed by atoms with van der Waals surface area (Å²) in [6, 6.07) is 12.0. The first-order chi connectivity index (χ1) is 15.3. The molecule has 170 valence electrons. The van der Waals surface area contributed by atoms with E-state index in [1.165, 1.54) is 18.3 Å². The van der Waals surface area contributed by atoms with Crippen molar-refractivity contribution in [1.29, 1.82) is 0 Å². The summed E-state index contributed by atoms with van der Waals surface area (Å²) >= 11 is 0. The van der Waals surface area contributed by atoms with Crippen molar-refractivity contribution in [3.63, 3.8) is 0 Å². The number of ketones is 1. The van der Waals surface area contributed by atoms with Crippen LogP contribution in [0.15, 0.2) is 48.7 Å². The highest BCUT2D eigenvalue weighted by atomic mass is 19.4. The van der Waals surface area contributed by atoms with Crippen molar-refractivity contribution in [2.75, 3.05) is 6.61 Å². The Morgan fingerprint density at radius 1 is 1.03 bits per heavy atom. The molecule has 2 saturated heterocycles. The lowest BCUT2D eigenvalue weighted by Gasteiger charge is -2.37. The Bertz CT molecular complexity index is 936. The van der Waals surface area contributed by atoms with E-state index >= 15 is 0 Å². The van der Waals surface area contributed by atoms with Crippen LogP contribution in [0.2, 0.25) is 0 Å². The number of amides is 1. The number of hydrogen-bond acceptors (Lipinski definition) is 5. The number of benzene rings is 1. The Balaban J connectivity index is 1.33. The van der Waals surface area contributed by atoms with E-state index in [1.54, 1.807) is 4.90 Å². The molecule has 9 heteroatoms. The van der Waals surface area contributed by atoms with E-state index in [0.29, 0.717) is 18.4 Å². The zero-order chi connectivity index (χ0) is 22.7. The molecule has 2 aliphatic heterocycles. The van der Waals surface area contributed by atoms with Crippen LogP contribution in [0.1, 0.15) is 41.6 Å². The van der Waals surface area contributed by atoms with Crippen LogP contribution in [0.25, 0.3) is 0 Å². The van der Waals surface area contributed by atoms with Gasteiger partial charge in [0.15, 0.2) is 12.4 Å². The largest absolute Gasteiger partial charge is 0.468 e. The van der Waals surface area contributed by atoms with Gasteiger partial charge in [-0.2, -0.15) is 13.2 Å². The van der Waals surface area contributed by atoms with Gasteiger partial charge in [0.1, 0.15) is 6.61 Å². The molecule has 1 aromatic carbocycles. The van der Waals surface area contributed by atoms with E-state index in [4.69, 9.17) is 4.74 Å². The maximum Gasteiger partial charge on any atom is 0.422 e. The topological polar surface area (TPSA) is 68.7 Å². The molecule has 0 radical (unpaired) electrons. The zero-order valence-corrected chi connectivity index (χ0v) is 17.3. The number of piperidine rings is 1. The molecule has 32 heavy (non-hydrogen) atoms. The highest BCUT2D eigenvalue weighted by molar-refractivity contribution is 5.97. The van der Waals surface area contributed by atoms with Gasteiger partial charge in [-0.25, -0.2) is 9.78 Å². The summed E-state index contributed by atoms with van der Waals surface area (Å²) in [6.45, 7) is -1.23. The lowest BCUT2D eigenvalue weighted by molar-refractivity contribution is -0.154. The molecule has 0 spiro atoms. The predicted octanol–water partition coefficient (Wildman–Crippen LogP) is 4.79. The van der Waals surface area contributed by atoms with Crippen molar-refractivity contribution in [1.82, 2.24) is 9.88 Å². The second kappa shape index (κ2) is 9.18. The minimum Gasteiger partial charge on any atom is -0.468 e. The van der Waals surface area contributed by atoms with Crippen LogP contribution < -0.4 is 4.74 Å². The molecule has 1 amide bonds. The Hall–Kier alpha value is -3.10. The first kappa shape index (κ1) is 22.1. The fourth-order valence-corrected chi connectivity index (χ4v) is 4.49. The van der Waals surface area contributed by atoms with Gasteiger partial charge in [0.05, 0.1) is 0 Å². The minimum atomic E-state index is -4.45. The molecule has 6 nitrogen and oxygen atoms in total. The average Bonchev–Trinajstić information content (AvgIpc) is 3.05. The molecule has 1 aromatic heterocycles. The Kier molecular flexibility index (Phi) is 6.34. The SMILES string of the molecule is O=C(c1ccc(OCC(F)(F)F)nc1)C1CC2CCC(C1)N2C(=O)OCc1ccccc1. The van der Waals surface area contributed by atoms with Gasteiger partial charge < -0.3 is 14.4 Å². The fourth-order valence-electron chi connectivity index (χ4n) is 4.49. The monoisotopic (exact) mass is 448 g/mol. The molecule has 2 unspecified atom stereocenters. The average molecular weight is 448 g/mol. The Labute approximate surface area is 183 Å². The van der Waals surface area contributed by atoms with Gasteiger partial charge in [-0.05, 0) is 37.3 Å². The van der Waals surface area contributed by atoms with E-state index in [0.717, 1.165) is 18.4 Å². The molecular formula is C23H23F3N2O4. The number of hydrogen-bond donors (Lipinski definition) is 0. The van der Waals surface area contributed by atoms with E-state index in [9.17, 15) is 22.8 Å². The third-order valence-electron chi connectivity index (χ3n) is 5.92. The number of alkyl halides is 3. The van der Waals surface area contributed by atoms with E-state index < -0.39 is 12.8 Å². The van der Waals surface area contributed by atoms with Crippen LogP contribution >= 0.6 is 0 Å². The fraction of sp³-hybridized carbons (Fsp3) is 0.435. The van der Waals surface area contributed by atoms with Crippen molar-refractivity contribution in [3.05, 3.63) is 59.8 Å². The third kappa shape index (κ3) is 5.20. The lowest BCUT2D eigenvalue weighted by Crippen LogP contribution is -2.48. The van der Waals surface area contributed by atoms with Crippen LogP contribution in [0, 0.1) is 5.92 Å². The van der Waals surface area contributed by atoms with Gasteiger partial charge in [0, 0.05) is 35.8 Å². The summed E-state index contributed by atoms with van der Waals surface area (Å²) in [4.78, 5) is 31.2. The van der Waals surface area contributed by atoms with Gasteiger partial charge in [-0.15, -0.1) is 0 Å². The number of rotatable bonds is 6. The third-order valence-corrected chi connectivity index (χ3v) is 5.92. The summed E-state index contributed by atoms with van der Waals surface area (Å²) in [5.74, 6) is -0.571. The first-order valence-electron chi connectivity index (χ1n) is 10.5. The number of carbonyl (C=O) groups is 2. The molecule has 2 fully saturated rings. The number of carbonyl (C=O) groups excluding carboxylic acids is 2. The van der Waals surface area contributed by atoms with Gasteiger partial charge in [0.25, 0.3) is 0 Å². The molecule has 0 N–H and O–H groups in total. The molecule has 2 aromatic rings. The van der Waals surface area contributed by atoms with Gasteiger partial charge in [0.2, 0.25) is 5.88 Å². The molecule has 2 aliphatic rings. The van der Waals surface area contributed by atoms with Crippen molar-refractivity contribution in [2.45, 2.75) is 50.6 Å². The standard InChI is InChI=1S/C23H23F3N2O4/c24-23(25,26)14-32-20-9-6-16(12-27-20)21(29)17-10-18-7-8-19(11-17)28(18)22(30)31-13-15-4-2-1-3-5-15/h1-6,9,12,17-19H,7-8,10-11,13-14H2. The Morgan fingerprint density at radius 3 is 2.31 bits per heavy atom. The van der Waals surface area contributed by atoms with Crippen molar-refractivity contribution < 1.29 is 32.2 Å². The van der Waals surface area contributed by atoms with Gasteiger partial charge >= 0.3 is 12.3 Å². The van der Waals surface area contributed by atoms with Crippen LogP contribution in [0.4, 0.5) is 18.0 Å². The smallest absolute Gasteiger partial charge is 0.422 e. The first-order valence-corrected chi connectivity index (χ1v) is 10.5. The highest BCUT2D eigenvalue weighted by Crippen LogP contribution is 2.40. The molecular weight excluding hydrogens is 425 g/mol. The van der Waals surface area contributed by atoms with Crippen LogP contribution in [0.5, 0.6) is 5.88 Å². The number of aromatic nitrogens is 1. The molecule has 4 rings (SSSR count). The molecule has 2 bridgehead atoms.